The Bertz CT molecular complexity index is 1700. The molecular formula is C34H39ClF5N3O4. The summed E-state index contributed by atoms with van der Waals surface area (Å²) in [4.78, 5) is 40.5. The Kier molecular flexibility index (Phi) is 12.0. The van der Waals surface area contributed by atoms with Crippen LogP contribution in [0.25, 0.3) is 11.1 Å². The number of carboxylic acids is 1. The van der Waals surface area contributed by atoms with E-state index in [1.54, 1.807) is 32.8 Å². The lowest BCUT2D eigenvalue weighted by molar-refractivity contribution is -0.141. The van der Waals surface area contributed by atoms with Crippen molar-refractivity contribution in [3.05, 3.63) is 90.9 Å². The normalized spacial score (nSPS) is 13.3. The second-order valence-corrected chi connectivity index (χ2v) is 13.0. The topological polar surface area (TPSA) is 91.6 Å². The van der Waals surface area contributed by atoms with Crippen LogP contribution in [0.1, 0.15) is 72.2 Å². The van der Waals surface area contributed by atoms with Gasteiger partial charge in [0.1, 0.15) is 17.4 Å². The number of alkyl halides is 3. The van der Waals surface area contributed by atoms with Crippen LogP contribution >= 0.6 is 11.6 Å². The number of aliphatic carboxylic acids is 1. The van der Waals surface area contributed by atoms with E-state index in [2.05, 4.69) is 5.32 Å². The second kappa shape index (κ2) is 15.0. The lowest BCUT2D eigenvalue weighted by Crippen LogP contribution is -2.42. The second-order valence-electron chi connectivity index (χ2n) is 12.5. The van der Waals surface area contributed by atoms with Gasteiger partial charge in [0.05, 0.1) is 17.5 Å². The summed E-state index contributed by atoms with van der Waals surface area (Å²) < 4.78 is 73.2. The number of aromatic nitrogens is 1. The number of amides is 1. The third kappa shape index (κ3) is 8.98. The largest absolute Gasteiger partial charge is 0.481 e. The molecule has 0 fully saturated rings. The standard InChI is InChI=1S/C34H39ClF5N3O4/c1-17(2)10-26(43-16-21(8-9-42(6)7)29(34(38,39)40)31(37)33(43)47)32(46)41-25(15-27(44)45)23-13-22(14-24(35)30(23)36)28-19(4)11-18(3)12-20(28)5/h11-14,16-17,25-26H,8-10,15H2,1-7H3,(H,41,46)(H,44,45)/t25-,26?/m0/s1. The summed E-state index contributed by atoms with van der Waals surface area (Å²) in [5.41, 5.74) is -0.257. The Morgan fingerprint density at radius 2 is 1.62 bits per heavy atom. The molecule has 2 N–H and O–H groups in total. The molecule has 0 saturated heterocycles. The van der Waals surface area contributed by atoms with Crippen LogP contribution in [-0.2, 0) is 22.2 Å². The Balaban J connectivity index is 2.19. The molecule has 0 aliphatic carbocycles. The van der Waals surface area contributed by atoms with Crippen LogP contribution in [-0.4, -0.2) is 47.1 Å². The summed E-state index contributed by atoms with van der Waals surface area (Å²) in [5.74, 6) is -5.76. The summed E-state index contributed by atoms with van der Waals surface area (Å²) in [7, 11) is 3.22. The van der Waals surface area contributed by atoms with Crippen molar-refractivity contribution in [3.8, 4) is 11.1 Å². The monoisotopic (exact) mass is 683 g/mol. The van der Waals surface area contributed by atoms with Crippen LogP contribution in [0.4, 0.5) is 22.0 Å². The molecule has 0 aliphatic rings. The predicted octanol–water partition coefficient (Wildman–Crippen LogP) is 7.41. The van der Waals surface area contributed by atoms with E-state index in [1.165, 1.54) is 12.1 Å². The number of carbonyl (C=O) groups excluding carboxylic acids is 1. The summed E-state index contributed by atoms with van der Waals surface area (Å²) in [6.45, 7) is 9.07. The first-order chi connectivity index (χ1) is 21.7. The lowest BCUT2D eigenvalue weighted by Gasteiger charge is -2.27. The number of likely N-dealkylation sites (N-methyl/N-ethyl adjacent to an activating group) is 1. The number of hydrogen-bond donors (Lipinski definition) is 2. The van der Waals surface area contributed by atoms with Crippen LogP contribution in [0.3, 0.4) is 0 Å². The van der Waals surface area contributed by atoms with E-state index in [0.29, 0.717) is 10.1 Å². The number of aryl methyl sites for hydroxylation is 3. The number of hydrogen-bond acceptors (Lipinski definition) is 4. The number of rotatable bonds is 12. The van der Waals surface area contributed by atoms with Gasteiger partial charge in [-0.25, -0.2) is 8.78 Å². The highest BCUT2D eigenvalue weighted by atomic mass is 35.5. The molecule has 3 aromatic rings. The van der Waals surface area contributed by atoms with E-state index in [0.717, 1.165) is 28.5 Å². The highest BCUT2D eigenvalue weighted by Gasteiger charge is 2.40. The average Bonchev–Trinajstić information content (AvgIpc) is 2.92. The van der Waals surface area contributed by atoms with E-state index in [1.807, 2.05) is 32.9 Å². The van der Waals surface area contributed by atoms with Crippen molar-refractivity contribution in [1.29, 1.82) is 0 Å². The number of carbonyl (C=O) groups is 2. The zero-order valence-electron chi connectivity index (χ0n) is 27.3. The van der Waals surface area contributed by atoms with Crippen LogP contribution in [0, 0.1) is 38.3 Å². The number of benzene rings is 2. The first-order valence-corrected chi connectivity index (χ1v) is 15.3. The van der Waals surface area contributed by atoms with Crippen molar-refractivity contribution in [2.45, 2.75) is 72.1 Å². The molecule has 2 atom stereocenters. The molecule has 7 nitrogen and oxygen atoms in total. The molecule has 1 heterocycles. The molecule has 47 heavy (non-hydrogen) atoms. The van der Waals surface area contributed by atoms with E-state index in [4.69, 9.17) is 11.6 Å². The quantitative estimate of drug-likeness (QED) is 0.194. The van der Waals surface area contributed by atoms with Crippen LogP contribution < -0.4 is 10.9 Å². The van der Waals surface area contributed by atoms with Gasteiger partial charge in [-0.1, -0.05) is 43.1 Å². The average molecular weight is 684 g/mol. The molecule has 13 heteroatoms. The Morgan fingerprint density at radius 1 is 1.02 bits per heavy atom. The Morgan fingerprint density at radius 3 is 2.13 bits per heavy atom. The number of nitrogens with one attached hydrogen (secondary N) is 1. The predicted molar refractivity (Wildman–Crippen MR) is 171 cm³/mol. The maximum Gasteiger partial charge on any atom is 0.419 e. The van der Waals surface area contributed by atoms with Gasteiger partial charge in [-0.2, -0.15) is 13.2 Å². The lowest BCUT2D eigenvalue weighted by atomic mass is 9.91. The number of carboxylic acid groups (broad SMARTS) is 1. The van der Waals surface area contributed by atoms with Crippen molar-refractivity contribution in [2.24, 2.45) is 5.92 Å². The number of halogens is 6. The van der Waals surface area contributed by atoms with Gasteiger partial charge in [-0.3, -0.25) is 14.4 Å². The fraction of sp³-hybridized carbons (Fsp3) is 0.441. The molecule has 256 valence electrons. The fourth-order valence-electron chi connectivity index (χ4n) is 5.84. The minimum absolute atomic E-state index is 0.0821. The van der Waals surface area contributed by atoms with Crippen molar-refractivity contribution in [3.63, 3.8) is 0 Å². The van der Waals surface area contributed by atoms with Gasteiger partial charge in [0.25, 0.3) is 5.56 Å². The summed E-state index contributed by atoms with van der Waals surface area (Å²) in [6.07, 6.45) is -5.56. The SMILES string of the molecule is Cc1cc(C)c(-c2cc(Cl)c(F)c([C@H](CC(=O)O)NC(=O)C(CC(C)C)n3cc(CCN(C)C)c(C(F)(F)F)c(F)c3=O)c2)c(C)c1. The fourth-order valence-corrected chi connectivity index (χ4v) is 6.07. The molecule has 1 amide bonds. The molecule has 1 unspecified atom stereocenters. The smallest absolute Gasteiger partial charge is 0.419 e. The third-order valence-corrected chi connectivity index (χ3v) is 8.07. The third-order valence-electron chi connectivity index (χ3n) is 7.80. The number of nitrogens with zero attached hydrogens (tertiary/aromatic N) is 2. The minimum Gasteiger partial charge on any atom is -0.481 e. The summed E-state index contributed by atoms with van der Waals surface area (Å²) in [6, 6.07) is 3.55. The minimum atomic E-state index is -5.18. The number of pyridine rings is 1. The van der Waals surface area contributed by atoms with Gasteiger partial charge in [-0.15, -0.1) is 0 Å². The molecule has 0 spiro atoms. The molecule has 0 aliphatic heterocycles. The molecule has 3 rings (SSSR count). The van der Waals surface area contributed by atoms with E-state index in [-0.39, 0.29) is 35.9 Å². The van der Waals surface area contributed by atoms with E-state index in [9.17, 15) is 32.7 Å². The molecule has 0 bridgehead atoms. The van der Waals surface area contributed by atoms with Gasteiger partial charge in [0, 0.05) is 18.3 Å². The van der Waals surface area contributed by atoms with Crippen molar-refractivity contribution in [1.82, 2.24) is 14.8 Å². The maximum atomic E-state index is 15.6. The molecule has 0 saturated carbocycles. The van der Waals surface area contributed by atoms with Gasteiger partial charge in [-0.05, 0) is 93.6 Å². The van der Waals surface area contributed by atoms with Gasteiger partial charge < -0.3 is 19.9 Å². The van der Waals surface area contributed by atoms with E-state index < -0.39 is 64.9 Å². The molecule has 2 aromatic carbocycles. The zero-order chi connectivity index (χ0) is 35.5. The molecule has 0 radical (unpaired) electrons. The van der Waals surface area contributed by atoms with Crippen molar-refractivity contribution < 1.29 is 36.6 Å². The van der Waals surface area contributed by atoms with Crippen molar-refractivity contribution in [2.75, 3.05) is 20.6 Å². The molecular weight excluding hydrogens is 645 g/mol. The Labute approximate surface area is 275 Å². The maximum absolute atomic E-state index is 15.6. The van der Waals surface area contributed by atoms with Gasteiger partial charge in [0.2, 0.25) is 11.7 Å². The first-order valence-electron chi connectivity index (χ1n) is 15.0. The van der Waals surface area contributed by atoms with Crippen LogP contribution in [0.2, 0.25) is 5.02 Å². The van der Waals surface area contributed by atoms with Gasteiger partial charge in [0.15, 0.2) is 0 Å². The molecule has 1 aromatic heterocycles. The van der Waals surface area contributed by atoms with E-state index >= 15 is 8.78 Å². The highest BCUT2D eigenvalue weighted by molar-refractivity contribution is 6.31. The van der Waals surface area contributed by atoms with Crippen molar-refractivity contribution >= 4 is 23.5 Å². The summed E-state index contributed by atoms with van der Waals surface area (Å²) in [5, 5.41) is 11.9. The van der Waals surface area contributed by atoms with Gasteiger partial charge >= 0.3 is 12.1 Å². The highest BCUT2D eigenvalue weighted by Crippen LogP contribution is 2.37. The van der Waals surface area contributed by atoms with Crippen LogP contribution in [0.5, 0.6) is 0 Å². The first kappa shape index (κ1) is 37.7. The van der Waals surface area contributed by atoms with Crippen LogP contribution in [0.15, 0.2) is 35.3 Å². The zero-order valence-corrected chi connectivity index (χ0v) is 28.0. The summed E-state index contributed by atoms with van der Waals surface area (Å²) >= 11 is 6.29. The Hall–Kier alpha value is -3.77.